The highest BCUT2D eigenvalue weighted by atomic mass is 35.5. The van der Waals surface area contributed by atoms with Crippen LogP contribution in [0, 0.1) is 10.8 Å². The predicted molar refractivity (Wildman–Crippen MR) is 88.2 cm³/mol. The monoisotopic (exact) mass is 321 g/mol. The number of hydrogen-bond donors (Lipinski definition) is 0. The standard InChI is InChI=1S/C18H24ClNO2/c1-17(2)8-14-9-18(3,11-17)12-20(14)16(21)10-22-15-6-4-13(19)5-7-15/h4-7,14H,8-12H2,1-3H3/t14-,18-/m0/s1. The lowest BCUT2D eigenvalue weighted by atomic mass is 9.65. The van der Waals surface area contributed by atoms with E-state index in [0.29, 0.717) is 22.2 Å². The summed E-state index contributed by atoms with van der Waals surface area (Å²) >= 11 is 5.85. The van der Waals surface area contributed by atoms with Crippen LogP contribution in [0.15, 0.2) is 24.3 Å². The van der Waals surface area contributed by atoms with Crippen LogP contribution in [-0.4, -0.2) is 30.0 Å². The molecule has 1 aromatic carbocycles. The third-order valence-electron chi connectivity index (χ3n) is 4.91. The Bertz CT molecular complexity index is 569. The number of ether oxygens (including phenoxy) is 1. The number of fused-ring (bicyclic) bond motifs is 2. The van der Waals surface area contributed by atoms with Gasteiger partial charge in [-0.1, -0.05) is 32.4 Å². The average molecular weight is 322 g/mol. The van der Waals surface area contributed by atoms with E-state index >= 15 is 0 Å². The smallest absolute Gasteiger partial charge is 0.260 e. The van der Waals surface area contributed by atoms with Crippen LogP contribution in [0.1, 0.15) is 40.0 Å². The van der Waals surface area contributed by atoms with Gasteiger partial charge >= 0.3 is 0 Å². The van der Waals surface area contributed by atoms with E-state index in [4.69, 9.17) is 16.3 Å². The zero-order chi connectivity index (χ0) is 16.0. The van der Waals surface area contributed by atoms with Crippen molar-refractivity contribution in [2.45, 2.75) is 46.1 Å². The zero-order valence-corrected chi connectivity index (χ0v) is 14.3. The van der Waals surface area contributed by atoms with Crippen LogP contribution in [0.5, 0.6) is 5.75 Å². The molecular weight excluding hydrogens is 298 g/mol. The fourth-order valence-corrected chi connectivity index (χ4v) is 4.64. The molecule has 1 aromatic rings. The Hall–Kier alpha value is -1.22. The number of rotatable bonds is 3. The molecule has 0 N–H and O–H groups in total. The summed E-state index contributed by atoms with van der Waals surface area (Å²) in [5.74, 6) is 0.785. The van der Waals surface area contributed by atoms with Crippen molar-refractivity contribution in [2.24, 2.45) is 10.8 Å². The average Bonchev–Trinajstić information content (AvgIpc) is 2.67. The second-order valence-corrected chi connectivity index (χ2v) is 8.41. The summed E-state index contributed by atoms with van der Waals surface area (Å²) in [5, 5.41) is 0.669. The van der Waals surface area contributed by atoms with E-state index in [1.807, 2.05) is 4.90 Å². The van der Waals surface area contributed by atoms with Crippen LogP contribution in [0.3, 0.4) is 0 Å². The van der Waals surface area contributed by atoms with Gasteiger partial charge in [-0.3, -0.25) is 4.79 Å². The molecule has 1 aliphatic carbocycles. The van der Waals surface area contributed by atoms with Gasteiger partial charge in [-0.05, 0) is 54.4 Å². The summed E-state index contributed by atoms with van der Waals surface area (Å²) in [4.78, 5) is 14.6. The number of hydrogen-bond acceptors (Lipinski definition) is 2. The molecule has 3 rings (SSSR count). The highest BCUT2D eigenvalue weighted by Crippen LogP contribution is 2.52. The molecular formula is C18H24ClNO2. The van der Waals surface area contributed by atoms with Gasteiger partial charge in [0.15, 0.2) is 6.61 Å². The molecule has 1 heterocycles. The largest absolute Gasteiger partial charge is 0.484 e. The SMILES string of the molecule is CC1(C)C[C@H]2C[C@](C)(CN2C(=O)COc2ccc(Cl)cc2)C1. The first-order valence-electron chi connectivity index (χ1n) is 7.94. The maximum atomic E-state index is 12.6. The quantitative estimate of drug-likeness (QED) is 0.837. The van der Waals surface area contributed by atoms with Crippen LogP contribution in [-0.2, 0) is 4.79 Å². The summed E-state index contributed by atoms with van der Waals surface area (Å²) in [6, 6.07) is 7.50. The lowest BCUT2D eigenvalue weighted by molar-refractivity contribution is -0.134. The topological polar surface area (TPSA) is 29.5 Å². The van der Waals surface area contributed by atoms with Gasteiger partial charge in [0.1, 0.15) is 5.75 Å². The van der Waals surface area contributed by atoms with E-state index in [9.17, 15) is 4.79 Å². The van der Waals surface area contributed by atoms with Crippen molar-refractivity contribution in [2.75, 3.05) is 13.2 Å². The molecule has 2 aliphatic rings. The molecule has 0 aromatic heterocycles. The van der Waals surface area contributed by atoms with Crippen LogP contribution in [0.4, 0.5) is 0 Å². The molecule has 120 valence electrons. The Kier molecular flexibility index (Phi) is 3.88. The number of nitrogens with zero attached hydrogens (tertiary/aromatic N) is 1. The summed E-state index contributed by atoms with van der Waals surface area (Å²) in [6.07, 6.45) is 3.41. The van der Waals surface area contributed by atoms with Gasteiger partial charge in [0.05, 0.1) is 0 Å². The van der Waals surface area contributed by atoms with Gasteiger partial charge < -0.3 is 9.64 Å². The van der Waals surface area contributed by atoms with Gasteiger partial charge in [0.25, 0.3) is 5.91 Å². The predicted octanol–water partition coefficient (Wildman–Crippen LogP) is 4.15. The fourth-order valence-electron chi connectivity index (χ4n) is 4.51. The summed E-state index contributed by atoms with van der Waals surface area (Å²) in [6.45, 7) is 7.91. The van der Waals surface area contributed by atoms with Crippen molar-refractivity contribution in [3.63, 3.8) is 0 Å². The van der Waals surface area contributed by atoms with E-state index in [1.165, 1.54) is 6.42 Å². The first-order chi connectivity index (χ1) is 10.3. The third-order valence-corrected chi connectivity index (χ3v) is 5.16. The van der Waals surface area contributed by atoms with Crippen LogP contribution >= 0.6 is 11.6 Å². The van der Waals surface area contributed by atoms with Crippen molar-refractivity contribution in [3.05, 3.63) is 29.3 Å². The number of carbonyl (C=O) groups excluding carboxylic acids is 1. The fraction of sp³-hybridized carbons (Fsp3) is 0.611. The number of likely N-dealkylation sites (tertiary alicyclic amines) is 1. The van der Waals surface area contributed by atoms with Crippen molar-refractivity contribution in [3.8, 4) is 5.75 Å². The first kappa shape index (κ1) is 15.7. The number of halogens is 1. The van der Waals surface area contributed by atoms with Crippen molar-refractivity contribution in [1.29, 1.82) is 0 Å². The molecule has 2 atom stereocenters. The maximum absolute atomic E-state index is 12.6. The molecule has 3 nitrogen and oxygen atoms in total. The Balaban J connectivity index is 1.62. The van der Waals surface area contributed by atoms with Crippen LogP contribution in [0.25, 0.3) is 0 Å². The molecule has 2 fully saturated rings. The minimum Gasteiger partial charge on any atom is -0.484 e. The van der Waals surface area contributed by atoms with Crippen LogP contribution < -0.4 is 4.74 Å². The summed E-state index contributed by atoms with van der Waals surface area (Å²) in [7, 11) is 0. The van der Waals surface area contributed by atoms with E-state index in [2.05, 4.69) is 20.8 Å². The minimum atomic E-state index is 0.0985. The molecule has 2 bridgehead atoms. The molecule has 0 radical (unpaired) electrons. The van der Waals surface area contributed by atoms with E-state index < -0.39 is 0 Å². The molecule has 1 saturated carbocycles. The van der Waals surface area contributed by atoms with Crippen molar-refractivity contribution < 1.29 is 9.53 Å². The van der Waals surface area contributed by atoms with Crippen molar-refractivity contribution >= 4 is 17.5 Å². The summed E-state index contributed by atoms with van der Waals surface area (Å²) in [5.41, 5.74) is 0.589. The Labute approximate surface area is 137 Å². The molecule has 0 spiro atoms. The van der Waals surface area contributed by atoms with E-state index in [0.717, 1.165) is 19.4 Å². The first-order valence-corrected chi connectivity index (χ1v) is 8.32. The zero-order valence-electron chi connectivity index (χ0n) is 13.6. The lowest BCUT2D eigenvalue weighted by Crippen LogP contribution is -2.40. The number of carbonyl (C=O) groups is 1. The van der Waals surface area contributed by atoms with Crippen molar-refractivity contribution in [1.82, 2.24) is 4.90 Å². The highest BCUT2D eigenvalue weighted by molar-refractivity contribution is 6.30. The van der Waals surface area contributed by atoms with Gasteiger partial charge in [0, 0.05) is 17.6 Å². The van der Waals surface area contributed by atoms with Gasteiger partial charge in [-0.25, -0.2) is 0 Å². The third kappa shape index (κ3) is 3.24. The number of benzene rings is 1. The van der Waals surface area contributed by atoms with E-state index in [-0.39, 0.29) is 17.9 Å². The van der Waals surface area contributed by atoms with Crippen LogP contribution in [0.2, 0.25) is 5.02 Å². The van der Waals surface area contributed by atoms with Gasteiger partial charge in [-0.2, -0.15) is 0 Å². The molecule has 1 aliphatic heterocycles. The van der Waals surface area contributed by atoms with Gasteiger partial charge in [-0.15, -0.1) is 0 Å². The maximum Gasteiger partial charge on any atom is 0.260 e. The molecule has 1 saturated heterocycles. The number of amides is 1. The minimum absolute atomic E-state index is 0.0985. The lowest BCUT2D eigenvalue weighted by Gasteiger charge is -2.39. The Morgan fingerprint density at radius 1 is 1.27 bits per heavy atom. The van der Waals surface area contributed by atoms with E-state index in [1.54, 1.807) is 24.3 Å². The molecule has 4 heteroatoms. The second-order valence-electron chi connectivity index (χ2n) is 7.98. The van der Waals surface area contributed by atoms with Gasteiger partial charge in [0.2, 0.25) is 0 Å². The molecule has 0 unspecified atom stereocenters. The normalized spacial score (nSPS) is 29.5. The molecule has 22 heavy (non-hydrogen) atoms. The summed E-state index contributed by atoms with van der Waals surface area (Å²) < 4.78 is 5.62. The Morgan fingerprint density at radius 2 is 1.95 bits per heavy atom. The molecule has 1 amide bonds. The Morgan fingerprint density at radius 3 is 2.64 bits per heavy atom. The second kappa shape index (κ2) is 5.45. The highest BCUT2D eigenvalue weighted by Gasteiger charge is 2.50.